The van der Waals surface area contributed by atoms with Crippen molar-refractivity contribution in [1.82, 2.24) is 9.88 Å². The third kappa shape index (κ3) is 5.67. The normalized spacial score (nSPS) is 14.4. The number of hydrogen-bond acceptors (Lipinski definition) is 5. The van der Waals surface area contributed by atoms with Crippen LogP contribution in [-0.4, -0.2) is 41.3 Å². The molecule has 5 rings (SSSR count). The maximum atomic E-state index is 14.3. The van der Waals surface area contributed by atoms with E-state index in [4.69, 9.17) is 4.74 Å². The zero-order chi connectivity index (χ0) is 25.8. The molecular weight excluding hydrogens is 469 g/mol. The van der Waals surface area contributed by atoms with Crippen molar-refractivity contribution in [2.45, 2.75) is 32.4 Å². The van der Waals surface area contributed by atoms with Crippen molar-refractivity contribution in [3.05, 3.63) is 101 Å². The number of hydrogen-bond donors (Lipinski definition) is 1. The van der Waals surface area contributed by atoms with Gasteiger partial charge in [0.2, 0.25) is 0 Å². The van der Waals surface area contributed by atoms with Crippen LogP contribution in [0.3, 0.4) is 0 Å². The van der Waals surface area contributed by atoms with Crippen LogP contribution in [0, 0.1) is 12.7 Å². The van der Waals surface area contributed by atoms with Crippen molar-refractivity contribution in [2.24, 2.45) is 0 Å². The molecule has 1 fully saturated rings. The molecule has 7 heteroatoms. The van der Waals surface area contributed by atoms with E-state index in [1.165, 1.54) is 6.07 Å². The van der Waals surface area contributed by atoms with E-state index in [0.29, 0.717) is 40.0 Å². The summed E-state index contributed by atoms with van der Waals surface area (Å²) in [5.74, 6) is 0.144. The minimum absolute atomic E-state index is 0.0254. The van der Waals surface area contributed by atoms with Crippen LogP contribution in [0.2, 0.25) is 0 Å². The number of halogens is 1. The summed E-state index contributed by atoms with van der Waals surface area (Å²) in [5.41, 5.74) is 3.84. The Kier molecular flexibility index (Phi) is 7.23. The molecule has 1 saturated heterocycles. The van der Waals surface area contributed by atoms with Gasteiger partial charge >= 0.3 is 0 Å². The monoisotopic (exact) mass is 497 g/mol. The number of amides is 1. The van der Waals surface area contributed by atoms with Crippen molar-refractivity contribution in [2.75, 3.05) is 18.4 Å². The van der Waals surface area contributed by atoms with E-state index in [1.807, 2.05) is 43.3 Å². The second kappa shape index (κ2) is 10.9. The second-order valence-electron chi connectivity index (χ2n) is 9.34. The fourth-order valence-electron chi connectivity index (χ4n) is 4.73. The number of carbonyl (C=O) groups excluding carboxylic acids is 2. The average Bonchev–Trinajstić information content (AvgIpc) is 2.91. The van der Waals surface area contributed by atoms with Crippen LogP contribution in [0.1, 0.15) is 44.8 Å². The number of pyridine rings is 1. The van der Waals surface area contributed by atoms with Crippen molar-refractivity contribution in [3.63, 3.8) is 0 Å². The van der Waals surface area contributed by atoms with Crippen LogP contribution in [0.4, 0.5) is 10.1 Å². The Labute approximate surface area is 215 Å². The molecule has 188 valence electrons. The first kappa shape index (κ1) is 24.6. The van der Waals surface area contributed by atoms with Gasteiger partial charge in [-0.25, -0.2) is 9.37 Å². The van der Waals surface area contributed by atoms with Gasteiger partial charge in [0.05, 0.1) is 0 Å². The zero-order valence-electron chi connectivity index (χ0n) is 20.6. The maximum Gasteiger partial charge on any atom is 0.255 e. The molecule has 0 atom stereocenters. The van der Waals surface area contributed by atoms with E-state index >= 15 is 0 Å². The van der Waals surface area contributed by atoms with Gasteiger partial charge in [0.15, 0.2) is 0 Å². The van der Waals surface area contributed by atoms with Crippen LogP contribution in [-0.2, 0) is 6.54 Å². The molecule has 1 aromatic heterocycles. The number of rotatable bonds is 7. The smallest absolute Gasteiger partial charge is 0.255 e. The fraction of sp³-hybridized carbons (Fsp3) is 0.233. The summed E-state index contributed by atoms with van der Waals surface area (Å²) in [6, 6.07) is 21.2. The first-order chi connectivity index (χ1) is 18.0. The number of anilines is 1. The van der Waals surface area contributed by atoms with E-state index in [1.54, 1.807) is 30.3 Å². The number of benzene rings is 3. The van der Waals surface area contributed by atoms with E-state index in [0.717, 1.165) is 43.5 Å². The minimum atomic E-state index is -0.346. The number of fused-ring (bicyclic) bond motifs is 1. The molecule has 0 bridgehead atoms. The quantitative estimate of drug-likeness (QED) is 0.327. The number of para-hydroxylation sites is 1. The molecule has 1 amide bonds. The highest BCUT2D eigenvalue weighted by Gasteiger charge is 2.23. The number of aromatic nitrogens is 1. The molecule has 0 spiro atoms. The number of aryl methyl sites for hydroxylation is 1. The molecule has 3 aromatic carbocycles. The molecule has 0 unspecified atom stereocenters. The predicted molar refractivity (Wildman–Crippen MR) is 142 cm³/mol. The Morgan fingerprint density at radius 2 is 1.84 bits per heavy atom. The van der Waals surface area contributed by atoms with Gasteiger partial charge in [-0.1, -0.05) is 24.3 Å². The van der Waals surface area contributed by atoms with Crippen molar-refractivity contribution in [1.29, 1.82) is 0 Å². The van der Waals surface area contributed by atoms with Crippen LogP contribution >= 0.6 is 0 Å². The van der Waals surface area contributed by atoms with Gasteiger partial charge in [0.1, 0.15) is 29.5 Å². The number of nitrogens with zero attached hydrogens (tertiary/aromatic N) is 2. The molecular formula is C30H28FN3O3. The summed E-state index contributed by atoms with van der Waals surface area (Å²) in [6.07, 6.45) is 2.46. The van der Waals surface area contributed by atoms with Crippen LogP contribution in [0.15, 0.2) is 72.8 Å². The van der Waals surface area contributed by atoms with Gasteiger partial charge in [0, 0.05) is 53.6 Å². The largest absolute Gasteiger partial charge is 0.490 e. The predicted octanol–water partition coefficient (Wildman–Crippen LogP) is 5.79. The highest BCUT2D eigenvalue weighted by atomic mass is 19.1. The molecule has 6 nitrogen and oxygen atoms in total. The Hall–Kier alpha value is -4.10. The summed E-state index contributed by atoms with van der Waals surface area (Å²) in [4.78, 5) is 30.5. The zero-order valence-corrected chi connectivity index (χ0v) is 20.6. The lowest BCUT2D eigenvalue weighted by molar-refractivity contribution is 0.0961. The number of likely N-dealkylation sites (tertiary alicyclic amines) is 1. The van der Waals surface area contributed by atoms with Gasteiger partial charge in [-0.2, -0.15) is 0 Å². The summed E-state index contributed by atoms with van der Waals surface area (Å²) >= 11 is 0. The number of ether oxygens (including phenoxy) is 1. The molecule has 1 N–H and O–H groups in total. The lowest BCUT2D eigenvalue weighted by Crippen LogP contribution is -2.38. The third-order valence-corrected chi connectivity index (χ3v) is 6.67. The molecule has 4 aromatic rings. The van der Waals surface area contributed by atoms with Gasteiger partial charge in [-0.05, 0) is 67.8 Å². The minimum Gasteiger partial charge on any atom is -0.490 e. The molecule has 0 saturated carbocycles. The Morgan fingerprint density at radius 3 is 2.59 bits per heavy atom. The summed E-state index contributed by atoms with van der Waals surface area (Å²) in [6.45, 7) is 4.15. The average molecular weight is 498 g/mol. The van der Waals surface area contributed by atoms with Crippen LogP contribution < -0.4 is 10.1 Å². The highest BCUT2D eigenvalue weighted by molar-refractivity contribution is 6.05. The summed E-state index contributed by atoms with van der Waals surface area (Å²) < 4.78 is 20.6. The van der Waals surface area contributed by atoms with E-state index in [2.05, 4.69) is 15.2 Å². The maximum absolute atomic E-state index is 14.3. The van der Waals surface area contributed by atoms with E-state index in [9.17, 15) is 14.0 Å². The fourth-order valence-corrected chi connectivity index (χ4v) is 4.73. The number of carbonyl (C=O) groups is 2. The lowest BCUT2D eigenvalue weighted by atomic mass is 10.0. The number of aldehydes is 1. The summed E-state index contributed by atoms with van der Waals surface area (Å²) in [5, 5.41) is 3.61. The van der Waals surface area contributed by atoms with Crippen molar-refractivity contribution in [3.8, 4) is 5.75 Å². The Morgan fingerprint density at radius 1 is 1.08 bits per heavy atom. The molecule has 37 heavy (non-hydrogen) atoms. The van der Waals surface area contributed by atoms with Gasteiger partial charge in [-0.15, -0.1) is 0 Å². The topological polar surface area (TPSA) is 71.5 Å². The molecule has 1 aliphatic rings. The number of piperidine rings is 1. The van der Waals surface area contributed by atoms with E-state index < -0.39 is 0 Å². The third-order valence-electron chi connectivity index (χ3n) is 6.67. The number of nitrogens with one attached hydrogen (secondary N) is 1. The van der Waals surface area contributed by atoms with Crippen LogP contribution in [0.5, 0.6) is 5.75 Å². The Bertz CT molecular complexity index is 1430. The standard InChI is InChI=1S/C30H28FN3O3/c1-20-17-28(26-7-4-8-27(31)29(26)32-20)37-24-13-15-34(16-14-24)18-22-5-2-3-6-25(22)30(36)33-23-11-9-21(19-35)10-12-23/h2-12,17,19,24H,13-16,18H2,1H3,(H,33,36). The molecule has 0 aliphatic carbocycles. The summed E-state index contributed by atoms with van der Waals surface area (Å²) in [7, 11) is 0. The SMILES string of the molecule is Cc1cc(OC2CCN(Cc3ccccc3C(=O)Nc3ccc(C=O)cc3)CC2)c2cccc(F)c2n1. The van der Waals surface area contributed by atoms with Crippen molar-refractivity contribution < 1.29 is 18.7 Å². The van der Waals surface area contributed by atoms with Gasteiger partial charge in [0.25, 0.3) is 5.91 Å². The first-order valence-corrected chi connectivity index (χ1v) is 12.4. The van der Waals surface area contributed by atoms with Gasteiger partial charge in [-0.3, -0.25) is 14.5 Å². The van der Waals surface area contributed by atoms with Gasteiger partial charge < -0.3 is 10.1 Å². The molecule has 2 heterocycles. The Balaban J connectivity index is 1.22. The van der Waals surface area contributed by atoms with Crippen molar-refractivity contribution >= 4 is 28.8 Å². The highest BCUT2D eigenvalue weighted by Crippen LogP contribution is 2.30. The second-order valence-corrected chi connectivity index (χ2v) is 9.34. The van der Waals surface area contributed by atoms with E-state index in [-0.39, 0.29) is 17.8 Å². The van der Waals surface area contributed by atoms with Crippen LogP contribution in [0.25, 0.3) is 10.9 Å². The molecule has 1 aliphatic heterocycles. The lowest BCUT2D eigenvalue weighted by Gasteiger charge is -2.32. The molecule has 0 radical (unpaired) electrons. The first-order valence-electron chi connectivity index (χ1n) is 12.4.